The van der Waals surface area contributed by atoms with Gasteiger partial charge in [-0.25, -0.2) is 9.97 Å². The number of aromatic nitrogens is 5. The summed E-state index contributed by atoms with van der Waals surface area (Å²) in [6, 6.07) is 11.9. The molecule has 4 heterocycles. The Balaban J connectivity index is 1.52. The second-order valence-electron chi connectivity index (χ2n) is 7.68. The molecule has 3 aromatic heterocycles. The molecule has 4 aromatic rings. The van der Waals surface area contributed by atoms with E-state index in [-0.39, 0.29) is 6.10 Å². The number of thiazole rings is 1. The Morgan fingerprint density at radius 1 is 1.16 bits per heavy atom. The van der Waals surface area contributed by atoms with Crippen molar-refractivity contribution in [3.8, 4) is 21.3 Å². The van der Waals surface area contributed by atoms with Crippen LogP contribution in [0.1, 0.15) is 48.1 Å². The van der Waals surface area contributed by atoms with Crippen LogP contribution in [0, 0.1) is 6.92 Å². The van der Waals surface area contributed by atoms with Gasteiger partial charge in [0.2, 0.25) is 0 Å². The van der Waals surface area contributed by atoms with Gasteiger partial charge in [-0.1, -0.05) is 23.7 Å². The standard InChI is InChI=1S/C23H22ClN5OS/c1-14-12-16(9-10-25-14)23-26-18(13-15-5-7-17(24)8-6-15)20(31-23)22-27-21(28-29-22)19-4-2-3-11-30-19/h5-10,12,19H,2-4,11,13H2,1H3,(H,27,28,29). The average Bonchev–Trinajstić information content (AvgIpc) is 3.43. The number of halogens is 1. The summed E-state index contributed by atoms with van der Waals surface area (Å²) in [4.78, 5) is 15.0. The van der Waals surface area contributed by atoms with Gasteiger partial charge >= 0.3 is 0 Å². The zero-order chi connectivity index (χ0) is 21.2. The van der Waals surface area contributed by atoms with Crippen molar-refractivity contribution in [3.63, 3.8) is 0 Å². The van der Waals surface area contributed by atoms with Gasteiger partial charge in [-0.05, 0) is 56.0 Å². The van der Waals surface area contributed by atoms with Crippen molar-refractivity contribution < 1.29 is 4.74 Å². The van der Waals surface area contributed by atoms with Gasteiger partial charge in [0.1, 0.15) is 11.1 Å². The van der Waals surface area contributed by atoms with E-state index in [9.17, 15) is 0 Å². The van der Waals surface area contributed by atoms with E-state index in [1.807, 2.05) is 49.5 Å². The van der Waals surface area contributed by atoms with Gasteiger partial charge in [0.15, 0.2) is 11.6 Å². The van der Waals surface area contributed by atoms with Gasteiger partial charge in [0.05, 0.1) is 10.6 Å². The summed E-state index contributed by atoms with van der Waals surface area (Å²) in [5.74, 6) is 1.46. The third-order valence-electron chi connectivity index (χ3n) is 5.32. The summed E-state index contributed by atoms with van der Waals surface area (Å²) in [6.45, 7) is 2.76. The molecule has 0 radical (unpaired) electrons. The molecule has 1 aliphatic heterocycles. The van der Waals surface area contributed by atoms with E-state index >= 15 is 0 Å². The van der Waals surface area contributed by atoms with Crippen molar-refractivity contribution in [2.24, 2.45) is 0 Å². The molecule has 31 heavy (non-hydrogen) atoms. The maximum atomic E-state index is 6.06. The lowest BCUT2D eigenvalue weighted by Crippen LogP contribution is -2.12. The highest BCUT2D eigenvalue weighted by Crippen LogP contribution is 2.36. The summed E-state index contributed by atoms with van der Waals surface area (Å²) in [7, 11) is 0. The van der Waals surface area contributed by atoms with Crippen LogP contribution in [0.3, 0.4) is 0 Å². The lowest BCUT2D eigenvalue weighted by molar-refractivity contribution is 0.00969. The van der Waals surface area contributed by atoms with Crippen molar-refractivity contribution in [1.29, 1.82) is 0 Å². The SMILES string of the molecule is Cc1cc(-c2nc(Cc3ccc(Cl)cc3)c(-c3n[nH]c(C4CCCCO4)n3)s2)ccn1. The van der Waals surface area contributed by atoms with Crippen LogP contribution in [-0.4, -0.2) is 31.8 Å². The normalized spacial score (nSPS) is 16.5. The number of hydrogen-bond acceptors (Lipinski definition) is 6. The summed E-state index contributed by atoms with van der Waals surface area (Å²) in [6.07, 6.45) is 5.70. The van der Waals surface area contributed by atoms with Crippen LogP contribution in [0.15, 0.2) is 42.6 Å². The highest BCUT2D eigenvalue weighted by atomic mass is 35.5. The minimum atomic E-state index is -0.00930. The van der Waals surface area contributed by atoms with Crippen LogP contribution in [0.25, 0.3) is 21.3 Å². The number of hydrogen-bond donors (Lipinski definition) is 1. The van der Waals surface area contributed by atoms with Crippen molar-refractivity contribution in [2.45, 2.75) is 38.7 Å². The minimum absolute atomic E-state index is 0.00930. The van der Waals surface area contributed by atoms with Crippen LogP contribution in [-0.2, 0) is 11.2 Å². The molecule has 5 rings (SSSR count). The number of aryl methyl sites for hydroxylation is 1. The fraction of sp³-hybridized carbons (Fsp3) is 0.304. The van der Waals surface area contributed by atoms with Gasteiger partial charge in [-0.3, -0.25) is 10.1 Å². The number of benzene rings is 1. The van der Waals surface area contributed by atoms with E-state index in [1.165, 1.54) is 0 Å². The first-order chi connectivity index (χ1) is 15.2. The Hall–Kier alpha value is -2.61. The lowest BCUT2D eigenvalue weighted by atomic mass is 10.1. The second kappa shape index (κ2) is 8.86. The zero-order valence-corrected chi connectivity index (χ0v) is 18.7. The third-order valence-corrected chi connectivity index (χ3v) is 6.71. The van der Waals surface area contributed by atoms with Gasteiger partial charge in [0, 0.05) is 35.5 Å². The van der Waals surface area contributed by atoms with E-state index < -0.39 is 0 Å². The maximum Gasteiger partial charge on any atom is 0.193 e. The lowest BCUT2D eigenvalue weighted by Gasteiger charge is -2.19. The molecular weight excluding hydrogens is 430 g/mol. The van der Waals surface area contributed by atoms with Crippen LogP contribution in [0.4, 0.5) is 0 Å². The summed E-state index contributed by atoms with van der Waals surface area (Å²) >= 11 is 7.67. The van der Waals surface area contributed by atoms with Crippen LogP contribution >= 0.6 is 22.9 Å². The first-order valence-corrected chi connectivity index (χ1v) is 11.6. The molecule has 1 aromatic carbocycles. The monoisotopic (exact) mass is 451 g/mol. The molecular formula is C23H22ClN5OS. The van der Waals surface area contributed by atoms with Crippen molar-refractivity contribution in [2.75, 3.05) is 6.61 Å². The van der Waals surface area contributed by atoms with E-state index in [1.54, 1.807) is 11.3 Å². The highest BCUT2D eigenvalue weighted by molar-refractivity contribution is 7.18. The van der Waals surface area contributed by atoms with Gasteiger partial charge in [0.25, 0.3) is 0 Å². The molecule has 1 atom stereocenters. The van der Waals surface area contributed by atoms with Crippen molar-refractivity contribution >= 4 is 22.9 Å². The molecule has 158 valence electrons. The number of nitrogens with one attached hydrogen (secondary N) is 1. The topological polar surface area (TPSA) is 76.6 Å². The largest absolute Gasteiger partial charge is 0.370 e. The molecule has 1 N–H and O–H groups in total. The fourth-order valence-electron chi connectivity index (χ4n) is 3.72. The highest BCUT2D eigenvalue weighted by Gasteiger charge is 2.23. The van der Waals surface area contributed by atoms with Gasteiger partial charge in [-0.2, -0.15) is 5.10 Å². The first-order valence-electron chi connectivity index (χ1n) is 10.4. The number of pyridine rings is 1. The Morgan fingerprint density at radius 2 is 2.03 bits per heavy atom. The van der Waals surface area contributed by atoms with E-state index in [0.29, 0.717) is 12.2 Å². The Kier molecular flexibility index (Phi) is 5.80. The average molecular weight is 452 g/mol. The third kappa shape index (κ3) is 4.54. The maximum absolute atomic E-state index is 6.06. The minimum Gasteiger partial charge on any atom is -0.370 e. The Bertz CT molecular complexity index is 1180. The van der Waals surface area contributed by atoms with Crippen molar-refractivity contribution in [1.82, 2.24) is 25.1 Å². The van der Waals surface area contributed by atoms with Crippen LogP contribution in [0.5, 0.6) is 0 Å². The van der Waals surface area contributed by atoms with Crippen LogP contribution < -0.4 is 0 Å². The number of aromatic amines is 1. The quantitative estimate of drug-likeness (QED) is 0.416. The molecule has 1 aliphatic rings. The molecule has 1 saturated heterocycles. The molecule has 8 heteroatoms. The Morgan fingerprint density at radius 3 is 2.81 bits per heavy atom. The molecule has 0 amide bonds. The molecule has 1 fully saturated rings. The summed E-state index contributed by atoms with van der Waals surface area (Å²) in [5, 5.41) is 9.28. The van der Waals surface area contributed by atoms with E-state index in [0.717, 1.165) is 69.1 Å². The molecule has 0 bridgehead atoms. The van der Waals surface area contributed by atoms with Crippen LogP contribution in [0.2, 0.25) is 5.02 Å². The molecule has 6 nitrogen and oxygen atoms in total. The number of rotatable bonds is 5. The summed E-state index contributed by atoms with van der Waals surface area (Å²) < 4.78 is 5.87. The molecule has 0 aliphatic carbocycles. The predicted octanol–water partition coefficient (Wildman–Crippen LogP) is 5.78. The summed E-state index contributed by atoms with van der Waals surface area (Å²) in [5.41, 5.74) is 4.10. The van der Waals surface area contributed by atoms with E-state index in [2.05, 4.69) is 15.2 Å². The fourth-order valence-corrected chi connectivity index (χ4v) is 4.86. The molecule has 1 unspecified atom stereocenters. The number of ether oxygens (including phenoxy) is 1. The zero-order valence-electron chi connectivity index (χ0n) is 17.1. The number of nitrogens with zero attached hydrogens (tertiary/aromatic N) is 4. The van der Waals surface area contributed by atoms with Gasteiger partial charge < -0.3 is 4.74 Å². The molecule has 0 spiro atoms. The smallest absolute Gasteiger partial charge is 0.193 e. The second-order valence-corrected chi connectivity index (χ2v) is 9.12. The number of H-pyrrole nitrogens is 1. The predicted molar refractivity (Wildman–Crippen MR) is 122 cm³/mol. The first kappa shape index (κ1) is 20.3. The van der Waals surface area contributed by atoms with E-state index in [4.69, 9.17) is 26.3 Å². The Labute approximate surface area is 189 Å². The van der Waals surface area contributed by atoms with Gasteiger partial charge in [-0.15, -0.1) is 11.3 Å². The molecule has 0 saturated carbocycles. The van der Waals surface area contributed by atoms with Crippen molar-refractivity contribution in [3.05, 3.63) is 70.4 Å².